The lowest BCUT2D eigenvalue weighted by molar-refractivity contribution is -0.129. The van der Waals surface area contributed by atoms with Crippen molar-refractivity contribution in [2.75, 3.05) is 33.9 Å². The van der Waals surface area contributed by atoms with Crippen molar-refractivity contribution in [3.63, 3.8) is 0 Å². The molecular formula is C18H23N3O5. The fourth-order valence-electron chi connectivity index (χ4n) is 2.45. The molecule has 2 rings (SSSR count). The Labute approximate surface area is 152 Å². The predicted octanol–water partition coefficient (Wildman–Crippen LogP) is 1.96. The molecule has 2 amide bonds. The summed E-state index contributed by atoms with van der Waals surface area (Å²) in [6, 6.07) is 6.71. The van der Waals surface area contributed by atoms with Crippen LogP contribution in [-0.4, -0.2) is 55.7 Å². The van der Waals surface area contributed by atoms with Crippen molar-refractivity contribution in [1.82, 2.24) is 15.4 Å². The van der Waals surface area contributed by atoms with Crippen molar-refractivity contribution >= 4 is 11.8 Å². The van der Waals surface area contributed by atoms with Gasteiger partial charge in [-0.3, -0.25) is 9.59 Å². The van der Waals surface area contributed by atoms with Crippen LogP contribution in [0.2, 0.25) is 0 Å². The molecule has 1 aromatic heterocycles. The molecule has 1 N–H and O–H groups in total. The summed E-state index contributed by atoms with van der Waals surface area (Å²) < 4.78 is 15.8. The molecule has 2 aromatic rings. The van der Waals surface area contributed by atoms with Crippen molar-refractivity contribution in [2.45, 2.75) is 13.8 Å². The Morgan fingerprint density at radius 3 is 2.50 bits per heavy atom. The second-order valence-corrected chi connectivity index (χ2v) is 5.39. The molecular weight excluding hydrogens is 338 g/mol. The molecule has 140 valence electrons. The summed E-state index contributed by atoms with van der Waals surface area (Å²) in [6.07, 6.45) is 0. The van der Waals surface area contributed by atoms with E-state index in [1.807, 2.05) is 13.8 Å². The van der Waals surface area contributed by atoms with Crippen LogP contribution in [-0.2, 0) is 4.79 Å². The van der Waals surface area contributed by atoms with Gasteiger partial charge in [-0.05, 0) is 32.0 Å². The molecule has 8 nitrogen and oxygen atoms in total. The van der Waals surface area contributed by atoms with E-state index in [1.54, 1.807) is 30.2 Å². The third-order valence-electron chi connectivity index (χ3n) is 3.93. The lowest BCUT2D eigenvalue weighted by Gasteiger charge is -2.18. The highest BCUT2D eigenvalue weighted by atomic mass is 16.5. The van der Waals surface area contributed by atoms with E-state index in [1.165, 1.54) is 13.2 Å². The number of nitrogens with zero attached hydrogens (tertiary/aromatic N) is 2. The van der Waals surface area contributed by atoms with Crippen LogP contribution in [0.1, 0.15) is 24.3 Å². The standard InChI is InChI=1S/C18H23N3O5/c1-5-21(6-2)17(22)11-19-18(23)14-10-16(26-20-14)13-9-12(24-3)7-8-15(13)25-4/h7-10H,5-6,11H2,1-4H3,(H,19,23). The Balaban J connectivity index is 2.12. The molecule has 8 heteroatoms. The van der Waals surface area contributed by atoms with Crippen LogP contribution in [0.15, 0.2) is 28.8 Å². The molecule has 26 heavy (non-hydrogen) atoms. The van der Waals surface area contributed by atoms with Gasteiger partial charge in [0.05, 0.1) is 26.3 Å². The highest BCUT2D eigenvalue weighted by molar-refractivity contribution is 5.95. The molecule has 0 atom stereocenters. The van der Waals surface area contributed by atoms with Crippen molar-refractivity contribution in [2.24, 2.45) is 0 Å². The first-order valence-electron chi connectivity index (χ1n) is 8.29. The number of hydrogen-bond acceptors (Lipinski definition) is 6. The van der Waals surface area contributed by atoms with Gasteiger partial charge in [0, 0.05) is 19.2 Å². The van der Waals surface area contributed by atoms with Gasteiger partial charge in [-0.15, -0.1) is 0 Å². The SMILES string of the molecule is CCN(CC)C(=O)CNC(=O)c1cc(-c2cc(OC)ccc2OC)on1. The van der Waals surface area contributed by atoms with Crippen molar-refractivity contribution in [3.8, 4) is 22.8 Å². The molecule has 0 aliphatic carbocycles. The lowest BCUT2D eigenvalue weighted by atomic mass is 10.1. The van der Waals surface area contributed by atoms with E-state index < -0.39 is 5.91 Å². The fraction of sp³-hybridized carbons (Fsp3) is 0.389. The Kier molecular flexibility index (Phi) is 6.60. The molecule has 0 unspecified atom stereocenters. The molecule has 0 fully saturated rings. The number of rotatable bonds is 8. The summed E-state index contributed by atoms with van der Waals surface area (Å²) in [5, 5.41) is 6.33. The average molecular weight is 361 g/mol. The average Bonchev–Trinajstić information content (AvgIpc) is 3.16. The molecule has 0 spiro atoms. The zero-order chi connectivity index (χ0) is 19.1. The van der Waals surface area contributed by atoms with Gasteiger partial charge in [0.2, 0.25) is 5.91 Å². The predicted molar refractivity (Wildman–Crippen MR) is 95.3 cm³/mol. The summed E-state index contributed by atoms with van der Waals surface area (Å²) >= 11 is 0. The minimum absolute atomic E-state index is 0.0808. The van der Waals surface area contributed by atoms with E-state index in [0.717, 1.165) is 0 Å². The van der Waals surface area contributed by atoms with Gasteiger partial charge >= 0.3 is 0 Å². The molecule has 0 aliphatic heterocycles. The second-order valence-electron chi connectivity index (χ2n) is 5.39. The van der Waals surface area contributed by atoms with E-state index >= 15 is 0 Å². The number of methoxy groups -OCH3 is 2. The first-order chi connectivity index (χ1) is 12.5. The summed E-state index contributed by atoms with van der Waals surface area (Å²) in [5.41, 5.74) is 0.690. The third kappa shape index (κ3) is 4.33. The van der Waals surface area contributed by atoms with Gasteiger partial charge in [0.25, 0.3) is 5.91 Å². The van der Waals surface area contributed by atoms with Gasteiger partial charge in [0.1, 0.15) is 11.5 Å². The maximum absolute atomic E-state index is 12.2. The number of carbonyl (C=O) groups excluding carboxylic acids is 2. The Bertz CT molecular complexity index is 768. The number of amides is 2. The quantitative estimate of drug-likeness (QED) is 0.772. The molecule has 0 saturated carbocycles. The number of carbonyl (C=O) groups is 2. The van der Waals surface area contributed by atoms with Crippen LogP contribution in [0.25, 0.3) is 11.3 Å². The van der Waals surface area contributed by atoms with Gasteiger partial charge in [-0.1, -0.05) is 5.16 Å². The summed E-state index contributed by atoms with van der Waals surface area (Å²) in [6.45, 7) is 4.86. The molecule has 1 aromatic carbocycles. The Morgan fingerprint density at radius 2 is 1.88 bits per heavy atom. The topological polar surface area (TPSA) is 93.9 Å². The smallest absolute Gasteiger partial charge is 0.273 e. The number of likely N-dealkylation sites (N-methyl/N-ethyl adjacent to an activating group) is 1. The van der Waals surface area contributed by atoms with Crippen LogP contribution in [0.3, 0.4) is 0 Å². The van der Waals surface area contributed by atoms with E-state index in [4.69, 9.17) is 14.0 Å². The van der Waals surface area contributed by atoms with Crippen molar-refractivity contribution < 1.29 is 23.6 Å². The maximum atomic E-state index is 12.2. The van der Waals surface area contributed by atoms with Gasteiger partial charge in [0.15, 0.2) is 11.5 Å². The minimum Gasteiger partial charge on any atom is -0.497 e. The van der Waals surface area contributed by atoms with Crippen molar-refractivity contribution in [1.29, 1.82) is 0 Å². The van der Waals surface area contributed by atoms with Crippen LogP contribution in [0, 0.1) is 0 Å². The summed E-state index contributed by atoms with van der Waals surface area (Å²) in [7, 11) is 3.09. The van der Waals surface area contributed by atoms with E-state index in [-0.39, 0.29) is 18.1 Å². The normalized spacial score (nSPS) is 10.3. The molecule has 0 saturated heterocycles. The van der Waals surface area contributed by atoms with Crippen LogP contribution < -0.4 is 14.8 Å². The zero-order valence-corrected chi connectivity index (χ0v) is 15.4. The highest BCUT2D eigenvalue weighted by Crippen LogP contribution is 2.33. The monoisotopic (exact) mass is 361 g/mol. The number of hydrogen-bond donors (Lipinski definition) is 1. The number of benzene rings is 1. The molecule has 0 aliphatic rings. The third-order valence-corrected chi connectivity index (χ3v) is 3.93. The lowest BCUT2D eigenvalue weighted by Crippen LogP contribution is -2.40. The van der Waals surface area contributed by atoms with E-state index in [2.05, 4.69) is 10.5 Å². The van der Waals surface area contributed by atoms with Crippen LogP contribution in [0.5, 0.6) is 11.5 Å². The molecule has 0 bridgehead atoms. The molecule has 1 heterocycles. The number of aromatic nitrogens is 1. The highest BCUT2D eigenvalue weighted by Gasteiger charge is 2.18. The molecule has 0 radical (unpaired) electrons. The van der Waals surface area contributed by atoms with Gasteiger partial charge < -0.3 is 24.2 Å². The zero-order valence-electron chi connectivity index (χ0n) is 15.4. The number of ether oxygens (including phenoxy) is 2. The minimum atomic E-state index is -0.484. The summed E-state index contributed by atoms with van der Waals surface area (Å²) in [5.74, 6) is 0.906. The van der Waals surface area contributed by atoms with Crippen LogP contribution >= 0.6 is 0 Å². The largest absolute Gasteiger partial charge is 0.497 e. The first kappa shape index (κ1) is 19.3. The van der Waals surface area contributed by atoms with E-state index in [0.29, 0.717) is 35.9 Å². The van der Waals surface area contributed by atoms with E-state index in [9.17, 15) is 9.59 Å². The Hall–Kier alpha value is -3.03. The first-order valence-corrected chi connectivity index (χ1v) is 8.29. The van der Waals surface area contributed by atoms with Crippen molar-refractivity contribution in [3.05, 3.63) is 30.0 Å². The summed E-state index contributed by atoms with van der Waals surface area (Å²) in [4.78, 5) is 25.8. The second kappa shape index (κ2) is 8.89. The maximum Gasteiger partial charge on any atom is 0.273 e. The number of nitrogens with one attached hydrogen (secondary N) is 1. The van der Waals surface area contributed by atoms with Gasteiger partial charge in [-0.25, -0.2) is 0 Å². The van der Waals surface area contributed by atoms with Gasteiger partial charge in [-0.2, -0.15) is 0 Å². The van der Waals surface area contributed by atoms with Crippen LogP contribution in [0.4, 0.5) is 0 Å². The Morgan fingerprint density at radius 1 is 1.15 bits per heavy atom. The fourth-order valence-corrected chi connectivity index (χ4v) is 2.45.